The highest BCUT2D eigenvalue weighted by atomic mass is 32.2. The van der Waals surface area contributed by atoms with Crippen LogP contribution < -0.4 is 14.4 Å². The Morgan fingerprint density at radius 1 is 0.828 bits per heavy atom. The maximum Gasteiger partial charge on any atom is 0.243 e. The summed E-state index contributed by atoms with van der Waals surface area (Å²) in [6, 6.07) is 16.8. The van der Waals surface area contributed by atoms with Crippen LogP contribution in [0.25, 0.3) is 10.9 Å². The van der Waals surface area contributed by atoms with Crippen molar-refractivity contribution in [2.75, 3.05) is 44.3 Å². The summed E-state index contributed by atoms with van der Waals surface area (Å²) < 4.78 is 38.7. The third-order valence-corrected chi connectivity index (χ3v) is 7.19. The number of pyridine rings is 1. The van der Waals surface area contributed by atoms with Crippen LogP contribution in [0.4, 0.5) is 5.82 Å². The van der Waals surface area contributed by atoms with Gasteiger partial charge in [0.1, 0.15) is 19.0 Å². The molecule has 0 bridgehead atoms. The lowest BCUT2D eigenvalue weighted by Crippen LogP contribution is -2.48. The second-order valence-electron chi connectivity index (χ2n) is 7.06. The van der Waals surface area contributed by atoms with Gasteiger partial charge in [0.15, 0.2) is 11.5 Å². The van der Waals surface area contributed by atoms with Crippen LogP contribution in [-0.4, -0.2) is 57.1 Å². The minimum absolute atomic E-state index is 0.235. The van der Waals surface area contributed by atoms with E-state index < -0.39 is 10.0 Å². The molecular weight excluding hydrogens is 390 g/mol. The van der Waals surface area contributed by atoms with Crippen LogP contribution in [0.15, 0.2) is 59.5 Å². The Morgan fingerprint density at radius 3 is 2.41 bits per heavy atom. The number of rotatable bonds is 3. The number of para-hydroxylation sites is 1. The summed E-state index contributed by atoms with van der Waals surface area (Å²) in [6.07, 6.45) is 0. The van der Waals surface area contributed by atoms with Crippen molar-refractivity contribution in [3.05, 3.63) is 54.6 Å². The minimum Gasteiger partial charge on any atom is -0.486 e. The van der Waals surface area contributed by atoms with Crippen LogP contribution in [0.1, 0.15) is 0 Å². The first-order valence-electron chi connectivity index (χ1n) is 9.62. The average molecular weight is 411 g/mol. The molecule has 0 radical (unpaired) electrons. The number of hydrogen-bond donors (Lipinski definition) is 0. The van der Waals surface area contributed by atoms with E-state index in [4.69, 9.17) is 14.5 Å². The molecule has 0 aliphatic carbocycles. The molecular formula is C21H21N3O4S. The van der Waals surface area contributed by atoms with Crippen molar-refractivity contribution in [2.24, 2.45) is 0 Å². The Bertz CT molecular complexity index is 1160. The first kappa shape index (κ1) is 18.2. The van der Waals surface area contributed by atoms with E-state index >= 15 is 0 Å². The van der Waals surface area contributed by atoms with Gasteiger partial charge in [-0.15, -0.1) is 0 Å². The highest BCUT2D eigenvalue weighted by molar-refractivity contribution is 7.89. The van der Waals surface area contributed by atoms with Crippen LogP contribution in [0.2, 0.25) is 0 Å². The van der Waals surface area contributed by atoms with Gasteiger partial charge in [-0.3, -0.25) is 0 Å². The summed E-state index contributed by atoms with van der Waals surface area (Å²) >= 11 is 0. The predicted octanol–water partition coefficient (Wildman–Crippen LogP) is 2.52. The van der Waals surface area contributed by atoms with E-state index in [1.807, 2.05) is 30.3 Å². The predicted molar refractivity (Wildman–Crippen MR) is 110 cm³/mol. The Kier molecular flexibility index (Phi) is 4.52. The molecule has 0 atom stereocenters. The molecule has 3 heterocycles. The number of sulfonamides is 1. The largest absolute Gasteiger partial charge is 0.486 e. The molecule has 150 valence electrons. The molecule has 1 saturated heterocycles. The minimum atomic E-state index is -3.59. The summed E-state index contributed by atoms with van der Waals surface area (Å²) in [4.78, 5) is 7.08. The van der Waals surface area contributed by atoms with E-state index in [1.54, 1.807) is 18.2 Å². The zero-order chi connectivity index (χ0) is 19.8. The number of ether oxygens (including phenoxy) is 2. The van der Waals surface area contributed by atoms with E-state index in [-0.39, 0.29) is 4.90 Å². The maximum absolute atomic E-state index is 13.1. The topological polar surface area (TPSA) is 72.0 Å². The fourth-order valence-electron chi connectivity index (χ4n) is 3.72. The molecule has 5 rings (SSSR count). The highest BCUT2D eigenvalue weighted by Crippen LogP contribution is 2.33. The van der Waals surface area contributed by atoms with E-state index in [9.17, 15) is 8.42 Å². The van der Waals surface area contributed by atoms with Gasteiger partial charge in [-0.25, -0.2) is 13.4 Å². The van der Waals surface area contributed by atoms with Crippen LogP contribution in [-0.2, 0) is 10.0 Å². The van der Waals surface area contributed by atoms with Crippen LogP contribution in [0.3, 0.4) is 0 Å². The van der Waals surface area contributed by atoms with E-state index in [0.717, 1.165) is 16.7 Å². The molecule has 2 aliphatic heterocycles. The molecule has 3 aromatic rings. The second-order valence-corrected chi connectivity index (χ2v) is 9.00. The standard InChI is InChI=1S/C21H21N3O4S/c25-29(26,17-6-7-19-20(15-17)28-14-13-27-19)24-11-9-23(10-12-24)21-8-5-16-3-1-2-4-18(16)22-21/h1-8,15H,9-14H2. The third-order valence-electron chi connectivity index (χ3n) is 5.30. The van der Waals surface area contributed by atoms with Crippen molar-refractivity contribution < 1.29 is 17.9 Å². The van der Waals surface area contributed by atoms with Crippen molar-refractivity contribution in [2.45, 2.75) is 4.90 Å². The van der Waals surface area contributed by atoms with Crippen molar-refractivity contribution >= 4 is 26.7 Å². The number of benzene rings is 2. The number of aromatic nitrogens is 1. The molecule has 8 heteroatoms. The zero-order valence-corrected chi connectivity index (χ0v) is 16.6. The fourth-order valence-corrected chi connectivity index (χ4v) is 5.16. The molecule has 0 unspecified atom stereocenters. The van der Waals surface area contributed by atoms with Crippen LogP contribution in [0, 0.1) is 0 Å². The lowest BCUT2D eigenvalue weighted by atomic mass is 10.2. The zero-order valence-electron chi connectivity index (χ0n) is 15.8. The van der Waals surface area contributed by atoms with Crippen molar-refractivity contribution in [1.29, 1.82) is 0 Å². The van der Waals surface area contributed by atoms with Gasteiger partial charge in [0, 0.05) is 37.6 Å². The van der Waals surface area contributed by atoms with E-state index in [2.05, 4.69) is 11.0 Å². The van der Waals surface area contributed by atoms with E-state index in [0.29, 0.717) is 50.9 Å². The van der Waals surface area contributed by atoms with Crippen molar-refractivity contribution in [3.8, 4) is 11.5 Å². The van der Waals surface area contributed by atoms with Crippen molar-refractivity contribution in [3.63, 3.8) is 0 Å². The number of hydrogen-bond acceptors (Lipinski definition) is 6. The molecule has 2 aromatic carbocycles. The van der Waals surface area contributed by atoms with Gasteiger partial charge >= 0.3 is 0 Å². The summed E-state index contributed by atoms with van der Waals surface area (Å²) in [6.45, 7) is 2.90. The molecule has 1 fully saturated rings. The molecule has 2 aliphatic rings. The molecule has 0 saturated carbocycles. The summed E-state index contributed by atoms with van der Waals surface area (Å²) in [5.41, 5.74) is 0.941. The smallest absolute Gasteiger partial charge is 0.243 e. The summed E-state index contributed by atoms with van der Waals surface area (Å²) in [5.74, 6) is 1.94. The SMILES string of the molecule is O=S(=O)(c1ccc2c(c1)OCCO2)N1CCN(c2ccc3ccccc3n2)CC1. The second kappa shape index (κ2) is 7.20. The average Bonchev–Trinajstić information content (AvgIpc) is 2.78. The molecule has 0 N–H and O–H groups in total. The molecule has 7 nitrogen and oxygen atoms in total. The Labute approximate surface area is 169 Å². The molecule has 29 heavy (non-hydrogen) atoms. The van der Waals surface area contributed by atoms with Crippen LogP contribution >= 0.6 is 0 Å². The Hall–Kier alpha value is -2.84. The number of piperazine rings is 1. The highest BCUT2D eigenvalue weighted by Gasteiger charge is 2.30. The maximum atomic E-state index is 13.1. The van der Waals surface area contributed by atoms with Gasteiger partial charge in [-0.2, -0.15) is 4.31 Å². The summed E-state index contributed by atoms with van der Waals surface area (Å²) in [7, 11) is -3.59. The third kappa shape index (κ3) is 3.38. The molecule has 0 amide bonds. The molecule has 1 aromatic heterocycles. The fraction of sp³-hybridized carbons (Fsp3) is 0.286. The van der Waals surface area contributed by atoms with E-state index in [1.165, 1.54) is 4.31 Å². The van der Waals surface area contributed by atoms with Gasteiger partial charge in [0.2, 0.25) is 10.0 Å². The quantitative estimate of drug-likeness (QED) is 0.660. The number of anilines is 1. The van der Waals surface area contributed by atoms with Crippen LogP contribution in [0.5, 0.6) is 11.5 Å². The van der Waals surface area contributed by atoms with Gasteiger partial charge in [0.25, 0.3) is 0 Å². The number of fused-ring (bicyclic) bond motifs is 2. The molecule has 0 spiro atoms. The lowest BCUT2D eigenvalue weighted by molar-refractivity contribution is 0.171. The normalized spacial score (nSPS) is 17.4. The monoisotopic (exact) mass is 411 g/mol. The Balaban J connectivity index is 1.32. The number of nitrogens with zero attached hydrogens (tertiary/aromatic N) is 3. The first-order valence-corrected chi connectivity index (χ1v) is 11.1. The Morgan fingerprint density at radius 2 is 1.59 bits per heavy atom. The van der Waals surface area contributed by atoms with Crippen molar-refractivity contribution in [1.82, 2.24) is 9.29 Å². The first-order chi connectivity index (χ1) is 14.1. The van der Waals surface area contributed by atoms with Gasteiger partial charge < -0.3 is 14.4 Å². The van der Waals surface area contributed by atoms with Gasteiger partial charge in [0.05, 0.1) is 10.4 Å². The van der Waals surface area contributed by atoms with Gasteiger partial charge in [-0.05, 0) is 30.3 Å². The lowest BCUT2D eigenvalue weighted by Gasteiger charge is -2.34. The summed E-state index contributed by atoms with van der Waals surface area (Å²) in [5, 5.41) is 1.09. The van der Waals surface area contributed by atoms with Gasteiger partial charge in [-0.1, -0.05) is 18.2 Å².